The van der Waals surface area contributed by atoms with Crippen molar-refractivity contribution in [3.05, 3.63) is 87.9 Å². The summed E-state index contributed by atoms with van der Waals surface area (Å²) in [6, 6.07) is 18.9. The largest absolute Gasteiger partial charge is 0.490 e. The second kappa shape index (κ2) is 15.9. The van der Waals surface area contributed by atoms with Crippen LogP contribution in [0.25, 0.3) is 6.08 Å². The van der Waals surface area contributed by atoms with E-state index in [4.69, 9.17) is 14.2 Å². The Hall–Kier alpha value is -4.11. The molecule has 0 spiro atoms. The maximum atomic E-state index is 13.5. The molecule has 226 valence electrons. The number of rotatable bonds is 15. The number of ether oxygens (including phenoxy) is 3. The number of amides is 4. The molecule has 1 saturated heterocycles. The highest BCUT2D eigenvalue weighted by Gasteiger charge is 2.37. The van der Waals surface area contributed by atoms with Gasteiger partial charge in [-0.25, -0.2) is 9.69 Å². The van der Waals surface area contributed by atoms with Gasteiger partial charge in [-0.15, -0.1) is 0 Å². The van der Waals surface area contributed by atoms with Crippen molar-refractivity contribution in [3.8, 4) is 17.2 Å². The third kappa shape index (κ3) is 8.70. The fourth-order valence-corrected chi connectivity index (χ4v) is 5.20. The lowest BCUT2D eigenvalue weighted by molar-refractivity contribution is -0.122. The van der Waals surface area contributed by atoms with E-state index in [1.165, 1.54) is 31.8 Å². The Morgan fingerprint density at radius 1 is 0.837 bits per heavy atom. The Morgan fingerprint density at radius 2 is 1.56 bits per heavy atom. The van der Waals surface area contributed by atoms with Crippen molar-refractivity contribution in [1.82, 2.24) is 5.32 Å². The first-order valence-corrected chi connectivity index (χ1v) is 15.5. The highest BCUT2D eigenvalue weighted by atomic mass is 79.9. The van der Waals surface area contributed by atoms with Crippen LogP contribution in [0.4, 0.5) is 10.5 Å². The van der Waals surface area contributed by atoms with E-state index in [2.05, 4.69) is 28.2 Å². The minimum atomic E-state index is -0.820. The second-order valence-corrected chi connectivity index (χ2v) is 11.0. The van der Waals surface area contributed by atoms with Crippen LogP contribution in [0, 0.1) is 0 Å². The maximum Gasteiger partial charge on any atom is 0.335 e. The number of barbiturate groups is 1. The Bertz CT molecular complexity index is 1440. The molecule has 1 fully saturated rings. The van der Waals surface area contributed by atoms with E-state index in [9.17, 15) is 14.4 Å². The van der Waals surface area contributed by atoms with Crippen LogP contribution < -0.4 is 24.4 Å². The van der Waals surface area contributed by atoms with Crippen LogP contribution in [-0.2, 0) is 16.2 Å². The van der Waals surface area contributed by atoms with Crippen molar-refractivity contribution in [2.24, 2.45) is 0 Å². The SMILES string of the molecule is CCCCCCCCOc1c(Br)cc(/C=C2/C(=O)NC(=O)N(c3ccc(OCc4ccccc4)cc3)C2=O)cc1OCC. The van der Waals surface area contributed by atoms with Gasteiger partial charge in [-0.1, -0.05) is 69.4 Å². The molecule has 0 atom stereocenters. The average Bonchev–Trinajstić information content (AvgIpc) is 3.00. The number of carbonyl (C=O) groups is 3. The van der Waals surface area contributed by atoms with Crippen LogP contribution in [-0.4, -0.2) is 31.1 Å². The van der Waals surface area contributed by atoms with Crippen LogP contribution in [0.15, 0.2) is 76.8 Å². The molecule has 0 aromatic heterocycles. The minimum Gasteiger partial charge on any atom is -0.490 e. The molecule has 4 rings (SSSR count). The number of imide groups is 2. The summed E-state index contributed by atoms with van der Waals surface area (Å²) in [7, 11) is 0. The molecule has 4 amide bonds. The van der Waals surface area contributed by atoms with Crippen molar-refractivity contribution in [2.45, 2.75) is 59.0 Å². The molecule has 9 heteroatoms. The zero-order chi connectivity index (χ0) is 30.6. The lowest BCUT2D eigenvalue weighted by Crippen LogP contribution is -2.54. The first-order valence-electron chi connectivity index (χ1n) is 14.7. The molecule has 0 unspecified atom stereocenters. The molecule has 1 heterocycles. The molecule has 1 aliphatic rings. The number of anilines is 1. The molecule has 0 radical (unpaired) electrons. The third-order valence-electron chi connectivity index (χ3n) is 6.83. The summed E-state index contributed by atoms with van der Waals surface area (Å²) < 4.78 is 18.3. The number of carbonyl (C=O) groups excluding carboxylic acids is 3. The van der Waals surface area contributed by atoms with Gasteiger partial charge in [0.05, 0.1) is 23.4 Å². The quantitative estimate of drug-likeness (QED) is 0.103. The molecular weight excluding hydrogens is 612 g/mol. The number of halogens is 1. The fourth-order valence-electron chi connectivity index (χ4n) is 4.62. The first kappa shape index (κ1) is 31.8. The van der Waals surface area contributed by atoms with E-state index < -0.39 is 17.8 Å². The molecule has 1 N–H and O–H groups in total. The zero-order valence-electron chi connectivity index (χ0n) is 24.6. The van der Waals surface area contributed by atoms with Gasteiger partial charge < -0.3 is 14.2 Å². The molecular formula is C34H37BrN2O6. The number of unbranched alkanes of at least 4 members (excludes halogenated alkanes) is 5. The van der Waals surface area contributed by atoms with Crippen LogP contribution in [0.5, 0.6) is 17.2 Å². The van der Waals surface area contributed by atoms with Crippen LogP contribution in [0.2, 0.25) is 0 Å². The zero-order valence-corrected chi connectivity index (χ0v) is 26.2. The van der Waals surface area contributed by atoms with Crippen molar-refractivity contribution < 1.29 is 28.6 Å². The summed E-state index contributed by atoms with van der Waals surface area (Å²) in [5.74, 6) is 0.146. The lowest BCUT2D eigenvalue weighted by Gasteiger charge is -2.26. The number of nitrogens with one attached hydrogen (secondary N) is 1. The molecule has 8 nitrogen and oxygen atoms in total. The van der Waals surface area contributed by atoms with E-state index in [1.54, 1.807) is 36.4 Å². The monoisotopic (exact) mass is 648 g/mol. The van der Waals surface area contributed by atoms with Gasteiger partial charge in [0.15, 0.2) is 11.5 Å². The summed E-state index contributed by atoms with van der Waals surface area (Å²) in [5.41, 5.74) is 1.68. The normalized spacial score (nSPS) is 14.2. The Kier molecular flexibility index (Phi) is 11.8. The van der Waals surface area contributed by atoms with Gasteiger partial charge in [-0.3, -0.25) is 14.9 Å². The van der Waals surface area contributed by atoms with Gasteiger partial charge >= 0.3 is 6.03 Å². The topological polar surface area (TPSA) is 94.2 Å². The van der Waals surface area contributed by atoms with Crippen LogP contribution in [0.1, 0.15) is 63.5 Å². The summed E-state index contributed by atoms with van der Waals surface area (Å²) >= 11 is 3.56. The van der Waals surface area contributed by atoms with E-state index >= 15 is 0 Å². The molecule has 0 saturated carbocycles. The predicted octanol–water partition coefficient (Wildman–Crippen LogP) is 7.83. The molecule has 0 aliphatic carbocycles. The van der Waals surface area contributed by atoms with Gasteiger partial charge in [-0.05, 0) is 82.9 Å². The number of nitrogens with zero attached hydrogens (tertiary/aromatic N) is 1. The summed E-state index contributed by atoms with van der Waals surface area (Å²) in [4.78, 5) is 39.9. The molecule has 43 heavy (non-hydrogen) atoms. The lowest BCUT2D eigenvalue weighted by atomic mass is 10.1. The maximum absolute atomic E-state index is 13.5. The third-order valence-corrected chi connectivity index (χ3v) is 7.42. The van der Waals surface area contributed by atoms with Crippen LogP contribution in [0.3, 0.4) is 0 Å². The Morgan fingerprint density at radius 3 is 2.28 bits per heavy atom. The molecule has 3 aromatic carbocycles. The predicted molar refractivity (Wildman–Crippen MR) is 170 cm³/mol. The van der Waals surface area contributed by atoms with E-state index in [1.807, 2.05) is 37.3 Å². The van der Waals surface area contributed by atoms with Gasteiger partial charge in [0.2, 0.25) is 0 Å². The van der Waals surface area contributed by atoms with Gasteiger partial charge in [0, 0.05) is 0 Å². The standard InChI is InChI=1S/C34H37BrN2O6/c1-3-5-6-7-8-12-19-42-31-29(35)21-25(22-30(31)41-4-2)20-28-32(38)36-34(40)37(33(28)39)26-15-17-27(18-16-26)43-23-24-13-10-9-11-14-24/h9-11,13-18,20-22H,3-8,12,19,23H2,1-2H3,(H,36,38,40)/b28-20-. The highest BCUT2D eigenvalue weighted by molar-refractivity contribution is 9.10. The number of urea groups is 1. The average molecular weight is 650 g/mol. The number of hydrogen-bond acceptors (Lipinski definition) is 6. The smallest absolute Gasteiger partial charge is 0.335 e. The van der Waals surface area contributed by atoms with Crippen molar-refractivity contribution in [1.29, 1.82) is 0 Å². The van der Waals surface area contributed by atoms with Crippen molar-refractivity contribution >= 4 is 45.5 Å². The summed E-state index contributed by atoms with van der Waals surface area (Å²) in [6.45, 7) is 5.42. The molecule has 1 aliphatic heterocycles. The number of benzene rings is 3. The second-order valence-electron chi connectivity index (χ2n) is 10.1. The van der Waals surface area contributed by atoms with Gasteiger partial charge in [0.25, 0.3) is 11.8 Å². The molecule has 3 aromatic rings. The van der Waals surface area contributed by atoms with Crippen molar-refractivity contribution in [3.63, 3.8) is 0 Å². The van der Waals surface area contributed by atoms with E-state index in [-0.39, 0.29) is 5.57 Å². The van der Waals surface area contributed by atoms with Gasteiger partial charge in [-0.2, -0.15) is 0 Å². The first-order chi connectivity index (χ1) is 20.9. The highest BCUT2D eigenvalue weighted by Crippen LogP contribution is 2.38. The van der Waals surface area contributed by atoms with Crippen LogP contribution >= 0.6 is 15.9 Å². The summed E-state index contributed by atoms with van der Waals surface area (Å²) in [6.07, 6.45) is 8.36. The van der Waals surface area contributed by atoms with Gasteiger partial charge in [0.1, 0.15) is 17.9 Å². The minimum absolute atomic E-state index is 0.181. The fraction of sp³-hybridized carbons (Fsp3) is 0.324. The summed E-state index contributed by atoms with van der Waals surface area (Å²) in [5, 5.41) is 2.27. The Balaban J connectivity index is 1.48. The van der Waals surface area contributed by atoms with E-state index in [0.717, 1.165) is 23.3 Å². The van der Waals surface area contributed by atoms with E-state index in [0.29, 0.717) is 52.8 Å². The van der Waals surface area contributed by atoms with Crippen molar-refractivity contribution in [2.75, 3.05) is 18.1 Å². The number of hydrogen-bond donors (Lipinski definition) is 1. The molecule has 0 bridgehead atoms. The Labute approximate surface area is 261 Å².